The minimum Gasteiger partial charge on any atom is -0.493 e. The quantitative estimate of drug-likeness (QED) is 0.523. The molecule has 1 atom stereocenters. The summed E-state index contributed by atoms with van der Waals surface area (Å²) in [6.07, 6.45) is 0. The number of anilines is 1. The number of nitro benzene ring substituents is 1. The van der Waals surface area contributed by atoms with E-state index in [1.54, 1.807) is 25.1 Å². The van der Waals surface area contributed by atoms with Crippen LogP contribution in [0.5, 0.6) is 11.5 Å². The molecule has 2 aromatic rings. The minimum atomic E-state index is -1.00. The second-order valence-corrected chi connectivity index (χ2v) is 5.85. The maximum atomic E-state index is 12.7. The number of ether oxygens (including phenoxy) is 2. The fourth-order valence-electron chi connectivity index (χ4n) is 2.54. The average molecular weight is 388 g/mol. The molecule has 1 unspecified atom stereocenters. The molecule has 0 aromatic heterocycles. The third-order valence-corrected chi connectivity index (χ3v) is 4.04. The van der Waals surface area contributed by atoms with Crippen LogP contribution in [-0.2, 0) is 4.79 Å². The highest BCUT2D eigenvalue weighted by Crippen LogP contribution is 2.35. The molecule has 0 aliphatic heterocycles. The van der Waals surface area contributed by atoms with Crippen LogP contribution in [0.25, 0.3) is 0 Å². The summed E-state index contributed by atoms with van der Waals surface area (Å²) >= 11 is 0. The number of hydrogen-bond donors (Lipinski definition) is 2. The zero-order chi connectivity index (χ0) is 20.8. The van der Waals surface area contributed by atoms with E-state index in [0.29, 0.717) is 11.3 Å². The number of nitrogens with zero attached hydrogens (tertiary/aromatic N) is 1. The van der Waals surface area contributed by atoms with E-state index in [2.05, 4.69) is 5.32 Å². The molecule has 0 saturated heterocycles. The van der Waals surface area contributed by atoms with Gasteiger partial charge in [-0.25, -0.2) is 0 Å². The van der Waals surface area contributed by atoms with Crippen molar-refractivity contribution in [2.45, 2.75) is 19.8 Å². The number of carboxylic acid groups (broad SMARTS) is 1. The molecule has 0 saturated carbocycles. The third kappa shape index (κ3) is 4.56. The predicted molar refractivity (Wildman–Crippen MR) is 101 cm³/mol. The van der Waals surface area contributed by atoms with E-state index in [1.165, 1.54) is 26.2 Å². The summed E-state index contributed by atoms with van der Waals surface area (Å²) in [7, 11) is 1.36. The molecule has 0 aliphatic carbocycles. The lowest BCUT2D eigenvalue weighted by Gasteiger charge is -2.13. The lowest BCUT2D eigenvalue weighted by molar-refractivity contribution is -0.385. The van der Waals surface area contributed by atoms with Crippen molar-refractivity contribution in [3.05, 3.63) is 57.6 Å². The van der Waals surface area contributed by atoms with Crippen LogP contribution in [-0.4, -0.2) is 35.6 Å². The summed E-state index contributed by atoms with van der Waals surface area (Å²) in [4.78, 5) is 34.5. The summed E-state index contributed by atoms with van der Waals surface area (Å²) in [6.45, 7) is 3.51. The fourth-order valence-corrected chi connectivity index (χ4v) is 2.54. The van der Waals surface area contributed by atoms with Crippen LogP contribution >= 0.6 is 0 Å². The number of carbonyl (C=O) groups excluding carboxylic acids is 1. The van der Waals surface area contributed by atoms with Gasteiger partial charge in [0.15, 0.2) is 11.5 Å². The first-order valence-corrected chi connectivity index (χ1v) is 8.41. The van der Waals surface area contributed by atoms with Gasteiger partial charge >= 0.3 is 5.97 Å². The fraction of sp³-hybridized carbons (Fsp3) is 0.263. The molecular weight excluding hydrogens is 368 g/mol. The first-order valence-electron chi connectivity index (χ1n) is 8.41. The Morgan fingerprint density at radius 1 is 1.25 bits per heavy atom. The van der Waals surface area contributed by atoms with E-state index in [-0.39, 0.29) is 23.7 Å². The highest BCUT2D eigenvalue weighted by molar-refractivity contribution is 6.07. The highest BCUT2D eigenvalue weighted by atomic mass is 16.6. The van der Waals surface area contributed by atoms with Gasteiger partial charge in [-0.3, -0.25) is 19.7 Å². The van der Waals surface area contributed by atoms with E-state index in [9.17, 15) is 19.7 Å². The van der Waals surface area contributed by atoms with Gasteiger partial charge in [-0.15, -0.1) is 0 Å². The smallest absolute Gasteiger partial charge is 0.310 e. The standard InChI is InChI=1S/C19H20N2O7/c1-4-28-17-10-15(21(25)26)14(9-16(17)27-3)18(22)20-13-7-5-6-12(8-13)11(2)19(23)24/h5-11H,4H2,1-3H3,(H,20,22)(H,23,24). The first-order chi connectivity index (χ1) is 13.3. The van der Waals surface area contributed by atoms with Gasteiger partial charge in [0.2, 0.25) is 0 Å². The van der Waals surface area contributed by atoms with Gasteiger partial charge in [-0.05, 0) is 31.5 Å². The number of nitro groups is 1. The van der Waals surface area contributed by atoms with Gasteiger partial charge in [-0.1, -0.05) is 12.1 Å². The summed E-state index contributed by atoms with van der Waals surface area (Å²) in [5.41, 5.74) is 0.167. The van der Waals surface area contributed by atoms with Gasteiger partial charge < -0.3 is 19.9 Å². The topological polar surface area (TPSA) is 128 Å². The zero-order valence-electron chi connectivity index (χ0n) is 15.6. The second-order valence-electron chi connectivity index (χ2n) is 5.85. The summed E-state index contributed by atoms with van der Waals surface area (Å²) in [6, 6.07) is 8.67. The molecule has 0 fully saturated rings. The molecule has 9 heteroatoms. The summed E-state index contributed by atoms with van der Waals surface area (Å²) in [5, 5.41) is 23.1. The summed E-state index contributed by atoms with van der Waals surface area (Å²) in [5.74, 6) is -2.16. The average Bonchev–Trinajstić information content (AvgIpc) is 2.67. The molecular formula is C19H20N2O7. The van der Waals surface area contributed by atoms with Crippen molar-refractivity contribution in [2.24, 2.45) is 0 Å². The van der Waals surface area contributed by atoms with Crippen LogP contribution in [0.15, 0.2) is 36.4 Å². The van der Waals surface area contributed by atoms with Crippen LogP contribution in [0.1, 0.15) is 35.7 Å². The normalized spacial score (nSPS) is 11.4. The Bertz CT molecular complexity index is 911. The summed E-state index contributed by atoms with van der Waals surface area (Å²) < 4.78 is 10.5. The van der Waals surface area contributed by atoms with E-state index in [1.807, 2.05) is 0 Å². The van der Waals surface area contributed by atoms with Crippen molar-refractivity contribution in [3.8, 4) is 11.5 Å². The maximum absolute atomic E-state index is 12.7. The molecule has 0 radical (unpaired) electrons. The van der Waals surface area contributed by atoms with Crippen molar-refractivity contribution >= 4 is 23.3 Å². The number of hydrogen-bond acceptors (Lipinski definition) is 6. The van der Waals surface area contributed by atoms with Crippen molar-refractivity contribution in [3.63, 3.8) is 0 Å². The van der Waals surface area contributed by atoms with Gasteiger partial charge in [-0.2, -0.15) is 0 Å². The molecule has 0 heterocycles. The van der Waals surface area contributed by atoms with Crippen LogP contribution in [0.3, 0.4) is 0 Å². The predicted octanol–water partition coefficient (Wildman–Crippen LogP) is 3.44. The molecule has 148 valence electrons. The molecule has 2 rings (SSSR count). The van der Waals surface area contributed by atoms with E-state index in [4.69, 9.17) is 14.6 Å². The van der Waals surface area contributed by atoms with Crippen LogP contribution < -0.4 is 14.8 Å². The Morgan fingerprint density at radius 3 is 2.54 bits per heavy atom. The largest absolute Gasteiger partial charge is 0.493 e. The Kier molecular flexibility index (Phi) is 6.54. The molecule has 2 N–H and O–H groups in total. The van der Waals surface area contributed by atoms with Gasteiger partial charge in [0, 0.05) is 11.8 Å². The van der Waals surface area contributed by atoms with Gasteiger partial charge in [0.05, 0.1) is 30.6 Å². The molecule has 9 nitrogen and oxygen atoms in total. The number of carboxylic acids is 1. The molecule has 0 aliphatic rings. The van der Waals surface area contributed by atoms with Crippen molar-refractivity contribution in [1.82, 2.24) is 0 Å². The molecule has 2 aromatic carbocycles. The number of rotatable bonds is 8. The highest BCUT2D eigenvalue weighted by Gasteiger charge is 2.25. The molecule has 1 amide bonds. The number of methoxy groups -OCH3 is 1. The number of aliphatic carboxylic acids is 1. The minimum absolute atomic E-state index is 0.158. The van der Waals surface area contributed by atoms with Crippen LogP contribution in [0.4, 0.5) is 11.4 Å². The van der Waals surface area contributed by atoms with Gasteiger partial charge in [0.25, 0.3) is 11.6 Å². The SMILES string of the molecule is CCOc1cc([N+](=O)[O-])c(C(=O)Nc2cccc(C(C)C(=O)O)c2)cc1OC. The van der Waals surface area contributed by atoms with Gasteiger partial charge in [0.1, 0.15) is 5.56 Å². The zero-order valence-corrected chi connectivity index (χ0v) is 15.6. The van der Waals surface area contributed by atoms with Crippen LogP contribution in [0, 0.1) is 10.1 Å². The van der Waals surface area contributed by atoms with E-state index >= 15 is 0 Å². The van der Waals surface area contributed by atoms with Crippen molar-refractivity contribution in [1.29, 1.82) is 0 Å². The Hall–Kier alpha value is -3.62. The van der Waals surface area contributed by atoms with E-state index < -0.39 is 28.4 Å². The lowest BCUT2D eigenvalue weighted by atomic mass is 10.0. The monoisotopic (exact) mass is 388 g/mol. The Balaban J connectivity index is 2.40. The number of nitrogens with one attached hydrogen (secondary N) is 1. The molecule has 0 bridgehead atoms. The molecule has 28 heavy (non-hydrogen) atoms. The maximum Gasteiger partial charge on any atom is 0.310 e. The third-order valence-electron chi connectivity index (χ3n) is 4.04. The molecule has 0 spiro atoms. The van der Waals surface area contributed by atoms with Crippen molar-refractivity contribution in [2.75, 3.05) is 19.0 Å². The Labute approximate surface area is 161 Å². The van der Waals surface area contributed by atoms with Crippen LogP contribution in [0.2, 0.25) is 0 Å². The first kappa shape index (κ1) is 20.7. The number of carbonyl (C=O) groups is 2. The number of benzene rings is 2. The van der Waals surface area contributed by atoms with Crippen molar-refractivity contribution < 1.29 is 29.1 Å². The second kappa shape index (κ2) is 8.85. The lowest BCUT2D eigenvalue weighted by Crippen LogP contribution is -2.15. The Morgan fingerprint density at radius 2 is 1.96 bits per heavy atom. The number of amides is 1. The van der Waals surface area contributed by atoms with E-state index in [0.717, 1.165) is 6.07 Å².